The van der Waals surface area contributed by atoms with Gasteiger partial charge < -0.3 is 11.1 Å². The largest absolute Gasteiger partial charge is 0.369 e. The minimum atomic E-state index is -0.107. The Labute approximate surface area is 72.1 Å². The number of halogens is 1. The van der Waals surface area contributed by atoms with Gasteiger partial charge >= 0.3 is 0 Å². The molecule has 1 aliphatic carbocycles. The van der Waals surface area contributed by atoms with E-state index in [0.29, 0.717) is 5.92 Å². The molecule has 0 bridgehead atoms. The van der Waals surface area contributed by atoms with Crippen LogP contribution in [-0.2, 0) is 4.79 Å². The molecule has 2 fully saturated rings. The van der Waals surface area contributed by atoms with Crippen LogP contribution in [0.2, 0.25) is 0 Å². The first-order chi connectivity index (χ1) is 4.79. The van der Waals surface area contributed by atoms with Gasteiger partial charge in [0.2, 0.25) is 5.91 Å². The van der Waals surface area contributed by atoms with Gasteiger partial charge in [0, 0.05) is 5.92 Å². The fourth-order valence-electron chi connectivity index (χ4n) is 2.11. The third-order valence-electron chi connectivity index (χ3n) is 2.83. The van der Waals surface area contributed by atoms with E-state index in [0.717, 1.165) is 25.4 Å². The maximum Gasteiger partial charge on any atom is 0.220 e. The van der Waals surface area contributed by atoms with Crippen molar-refractivity contribution in [1.29, 1.82) is 0 Å². The summed E-state index contributed by atoms with van der Waals surface area (Å²) < 4.78 is 0. The second kappa shape index (κ2) is 2.99. The van der Waals surface area contributed by atoms with E-state index < -0.39 is 0 Å². The SMILES string of the molecule is Cl.NC(=O)C1CC2CNCC21. The van der Waals surface area contributed by atoms with Gasteiger partial charge in [-0.15, -0.1) is 12.4 Å². The topological polar surface area (TPSA) is 55.1 Å². The molecule has 1 saturated carbocycles. The maximum absolute atomic E-state index is 10.7. The molecule has 0 aromatic carbocycles. The fourth-order valence-corrected chi connectivity index (χ4v) is 2.11. The Kier molecular flexibility index (Phi) is 2.40. The molecule has 3 nitrogen and oxygen atoms in total. The van der Waals surface area contributed by atoms with E-state index in [9.17, 15) is 4.79 Å². The van der Waals surface area contributed by atoms with E-state index in [4.69, 9.17) is 5.73 Å². The van der Waals surface area contributed by atoms with Crippen molar-refractivity contribution in [2.75, 3.05) is 13.1 Å². The Bertz CT molecular complexity index is 174. The molecular formula is C7H13ClN2O. The van der Waals surface area contributed by atoms with Crippen LogP contribution >= 0.6 is 12.4 Å². The van der Waals surface area contributed by atoms with Crippen LogP contribution in [-0.4, -0.2) is 19.0 Å². The monoisotopic (exact) mass is 176 g/mol. The van der Waals surface area contributed by atoms with Gasteiger partial charge in [0.1, 0.15) is 0 Å². The molecule has 4 heteroatoms. The number of rotatable bonds is 1. The highest BCUT2D eigenvalue weighted by molar-refractivity contribution is 5.85. The average Bonchev–Trinajstić information content (AvgIpc) is 2.11. The second-order valence-corrected chi connectivity index (χ2v) is 3.33. The van der Waals surface area contributed by atoms with Crippen LogP contribution in [0.15, 0.2) is 0 Å². The second-order valence-electron chi connectivity index (χ2n) is 3.33. The van der Waals surface area contributed by atoms with Gasteiger partial charge in [-0.2, -0.15) is 0 Å². The molecule has 64 valence electrons. The molecule has 0 aromatic rings. The molecule has 1 saturated heterocycles. The van der Waals surface area contributed by atoms with Gasteiger partial charge in [-0.25, -0.2) is 0 Å². The third-order valence-corrected chi connectivity index (χ3v) is 2.83. The molecule has 1 amide bonds. The number of fused-ring (bicyclic) bond motifs is 1. The standard InChI is InChI=1S/C7H12N2O.ClH/c8-7(10)5-1-4-2-9-3-6(4)5;/h4-6,9H,1-3H2,(H2,8,10);1H. The summed E-state index contributed by atoms with van der Waals surface area (Å²) in [7, 11) is 0. The Hall–Kier alpha value is -0.280. The van der Waals surface area contributed by atoms with Gasteiger partial charge in [0.15, 0.2) is 0 Å². The van der Waals surface area contributed by atoms with E-state index in [1.54, 1.807) is 0 Å². The summed E-state index contributed by atoms with van der Waals surface area (Å²) in [5.74, 6) is 1.39. The van der Waals surface area contributed by atoms with Gasteiger partial charge in [-0.3, -0.25) is 4.79 Å². The fraction of sp³-hybridized carbons (Fsp3) is 0.857. The Morgan fingerprint density at radius 2 is 2.18 bits per heavy atom. The Morgan fingerprint density at radius 1 is 1.45 bits per heavy atom. The zero-order valence-corrected chi connectivity index (χ0v) is 7.06. The van der Waals surface area contributed by atoms with E-state index in [1.807, 2.05) is 0 Å². The minimum absolute atomic E-state index is 0. The normalized spacial score (nSPS) is 40.2. The predicted octanol–water partition coefficient (Wildman–Crippen LogP) is -0.251. The quantitative estimate of drug-likeness (QED) is 0.579. The van der Waals surface area contributed by atoms with Crippen molar-refractivity contribution in [3.05, 3.63) is 0 Å². The third kappa shape index (κ3) is 1.23. The molecule has 0 aromatic heterocycles. The summed E-state index contributed by atoms with van der Waals surface area (Å²) in [4.78, 5) is 10.7. The number of primary amides is 1. The first kappa shape index (κ1) is 8.81. The van der Waals surface area contributed by atoms with Crippen LogP contribution < -0.4 is 11.1 Å². The first-order valence-electron chi connectivity index (χ1n) is 3.79. The number of hydrogen-bond donors (Lipinski definition) is 2. The molecule has 2 aliphatic rings. The molecule has 0 radical (unpaired) electrons. The summed E-state index contributed by atoms with van der Waals surface area (Å²) in [6.45, 7) is 2.09. The summed E-state index contributed by atoms with van der Waals surface area (Å²) in [6.07, 6.45) is 1.02. The van der Waals surface area contributed by atoms with Crippen molar-refractivity contribution < 1.29 is 4.79 Å². The van der Waals surface area contributed by atoms with Crippen LogP contribution in [0.3, 0.4) is 0 Å². The number of nitrogens with one attached hydrogen (secondary N) is 1. The lowest BCUT2D eigenvalue weighted by atomic mass is 9.66. The average molecular weight is 177 g/mol. The number of hydrogen-bond acceptors (Lipinski definition) is 2. The maximum atomic E-state index is 10.7. The molecule has 1 aliphatic heterocycles. The van der Waals surface area contributed by atoms with Crippen LogP contribution in [0.5, 0.6) is 0 Å². The lowest BCUT2D eigenvalue weighted by Gasteiger charge is -2.37. The Balaban J connectivity index is 0.000000605. The molecule has 3 atom stereocenters. The van der Waals surface area contributed by atoms with Crippen molar-refractivity contribution in [3.63, 3.8) is 0 Å². The Morgan fingerprint density at radius 3 is 2.73 bits per heavy atom. The highest BCUT2D eigenvalue weighted by atomic mass is 35.5. The number of carbonyl (C=O) groups is 1. The smallest absolute Gasteiger partial charge is 0.220 e. The van der Waals surface area contributed by atoms with Gasteiger partial charge in [-0.1, -0.05) is 0 Å². The zero-order chi connectivity index (χ0) is 7.14. The number of amides is 1. The molecule has 1 heterocycles. The van der Waals surface area contributed by atoms with E-state index in [1.165, 1.54) is 0 Å². The molecule has 3 unspecified atom stereocenters. The first-order valence-corrected chi connectivity index (χ1v) is 3.79. The molecule has 2 rings (SSSR count). The van der Waals surface area contributed by atoms with Gasteiger partial charge in [0.05, 0.1) is 0 Å². The van der Waals surface area contributed by atoms with E-state index in [2.05, 4.69) is 5.32 Å². The van der Waals surface area contributed by atoms with Gasteiger partial charge in [-0.05, 0) is 31.3 Å². The zero-order valence-electron chi connectivity index (χ0n) is 6.25. The molecule has 3 N–H and O–H groups in total. The van der Waals surface area contributed by atoms with Crippen molar-refractivity contribution in [3.8, 4) is 0 Å². The highest BCUT2D eigenvalue weighted by Gasteiger charge is 2.46. The van der Waals surface area contributed by atoms with Crippen molar-refractivity contribution in [2.45, 2.75) is 6.42 Å². The van der Waals surface area contributed by atoms with Crippen molar-refractivity contribution >= 4 is 18.3 Å². The minimum Gasteiger partial charge on any atom is -0.369 e. The summed E-state index contributed by atoms with van der Waals surface area (Å²) in [5, 5.41) is 3.26. The van der Waals surface area contributed by atoms with Crippen LogP contribution in [0, 0.1) is 17.8 Å². The molecular weight excluding hydrogens is 164 g/mol. The number of nitrogens with two attached hydrogens (primary N) is 1. The summed E-state index contributed by atoms with van der Waals surface area (Å²) in [5.41, 5.74) is 5.19. The molecule has 0 spiro atoms. The van der Waals surface area contributed by atoms with E-state index in [-0.39, 0.29) is 24.2 Å². The predicted molar refractivity (Wildman–Crippen MR) is 44.4 cm³/mol. The highest BCUT2D eigenvalue weighted by Crippen LogP contribution is 2.42. The lowest BCUT2D eigenvalue weighted by molar-refractivity contribution is -0.128. The van der Waals surface area contributed by atoms with Crippen molar-refractivity contribution in [2.24, 2.45) is 23.5 Å². The van der Waals surface area contributed by atoms with Crippen LogP contribution in [0.25, 0.3) is 0 Å². The van der Waals surface area contributed by atoms with Crippen LogP contribution in [0.1, 0.15) is 6.42 Å². The van der Waals surface area contributed by atoms with Crippen molar-refractivity contribution in [1.82, 2.24) is 5.32 Å². The van der Waals surface area contributed by atoms with Gasteiger partial charge in [0.25, 0.3) is 0 Å². The van der Waals surface area contributed by atoms with Crippen LogP contribution in [0.4, 0.5) is 0 Å². The summed E-state index contributed by atoms with van der Waals surface area (Å²) in [6, 6.07) is 0. The van der Waals surface area contributed by atoms with E-state index >= 15 is 0 Å². The summed E-state index contributed by atoms with van der Waals surface area (Å²) >= 11 is 0. The number of carbonyl (C=O) groups excluding carboxylic acids is 1. The molecule has 11 heavy (non-hydrogen) atoms. The lowest BCUT2D eigenvalue weighted by Crippen LogP contribution is -2.43.